The van der Waals surface area contributed by atoms with Crippen molar-refractivity contribution in [1.29, 1.82) is 0 Å². The molecule has 0 saturated carbocycles. The molecule has 26 heavy (non-hydrogen) atoms. The van der Waals surface area contributed by atoms with Gasteiger partial charge < -0.3 is 10.6 Å². The zero-order chi connectivity index (χ0) is 18.5. The zero-order valence-electron chi connectivity index (χ0n) is 14.6. The minimum Gasteiger partial charge on any atom is -0.365 e. The van der Waals surface area contributed by atoms with Crippen molar-refractivity contribution < 1.29 is 4.79 Å². The van der Waals surface area contributed by atoms with E-state index in [0.29, 0.717) is 23.1 Å². The molecule has 3 rings (SSSR count). The van der Waals surface area contributed by atoms with Crippen molar-refractivity contribution in [3.8, 4) is 0 Å². The van der Waals surface area contributed by atoms with Gasteiger partial charge >= 0.3 is 0 Å². The summed E-state index contributed by atoms with van der Waals surface area (Å²) in [6.45, 7) is 4.55. The molecule has 6 heteroatoms. The van der Waals surface area contributed by atoms with Crippen molar-refractivity contribution in [2.45, 2.75) is 20.4 Å². The first-order valence-corrected chi connectivity index (χ1v) is 8.60. The molecule has 0 saturated heterocycles. The first kappa shape index (κ1) is 17.9. The van der Waals surface area contributed by atoms with Gasteiger partial charge in [0.25, 0.3) is 5.91 Å². The molecule has 0 bridgehead atoms. The fourth-order valence-corrected chi connectivity index (χ4v) is 2.67. The van der Waals surface area contributed by atoms with Crippen LogP contribution in [0.25, 0.3) is 0 Å². The summed E-state index contributed by atoms with van der Waals surface area (Å²) < 4.78 is 0. The third kappa shape index (κ3) is 4.37. The molecule has 0 atom stereocenters. The van der Waals surface area contributed by atoms with Crippen LogP contribution in [0, 0.1) is 13.8 Å². The van der Waals surface area contributed by atoms with Crippen LogP contribution in [0.5, 0.6) is 0 Å². The number of hydrogen-bond donors (Lipinski definition) is 2. The van der Waals surface area contributed by atoms with Gasteiger partial charge in [0, 0.05) is 17.3 Å². The maximum Gasteiger partial charge on any atom is 0.276 e. The van der Waals surface area contributed by atoms with Crippen molar-refractivity contribution in [3.63, 3.8) is 0 Å². The summed E-state index contributed by atoms with van der Waals surface area (Å²) in [7, 11) is 0. The number of carbonyl (C=O) groups excluding carboxylic acids is 1. The standard InChI is InChI=1S/C20H19ClN4O/c1-13-5-3-6-15(11-13)12-22-19-10-9-18(24-25-19)20(26)23-17-8-4-7-16(21)14(17)2/h3-11H,12H2,1-2H3,(H,22,25)(H,23,26). The normalized spacial score (nSPS) is 10.4. The van der Waals surface area contributed by atoms with Crippen LogP contribution in [0.15, 0.2) is 54.6 Å². The summed E-state index contributed by atoms with van der Waals surface area (Å²) in [5.41, 5.74) is 4.08. The third-order valence-electron chi connectivity index (χ3n) is 3.97. The van der Waals surface area contributed by atoms with Gasteiger partial charge in [-0.25, -0.2) is 0 Å². The topological polar surface area (TPSA) is 66.9 Å². The Labute approximate surface area is 157 Å². The monoisotopic (exact) mass is 366 g/mol. The summed E-state index contributed by atoms with van der Waals surface area (Å²) in [5, 5.41) is 14.7. The molecule has 0 radical (unpaired) electrons. The maximum atomic E-state index is 12.3. The van der Waals surface area contributed by atoms with Crippen LogP contribution in [0.2, 0.25) is 5.02 Å². The number of halogens is 1. The molecule has 2 aromatic carbocycles. The molecular weight excluding hydrogens is 348 g/mol. The number of carbonyl (C=O) groups is 1. The lowest BCUT2D eigenvalue weighted by Crippen LogP contribution is -2.15. The number of aromatic nitrogens is 2. The fraction of sp³-hybridized carbons (Fsp3) is 0.150. The van der Waals surface area contributed by atoms with Crippen molar-refractivity contribution in [2.75, 3.05) is 10.6 Å². The molecule has 1 aromatic heterocycles. The summed E-state index contributed by atoms with van der Waals surface area (Å²) >= 11 is 6.07. The van der Waals surface area contributed by atoms with E-state index in [1.807, 2.05) is 19.1 Å². The molecule has 0 unspecified atom stereocenters. The highest BCUT2D eigenvalue weighted by Crippen LogP contribution is 2.23. The Morgan fingerprint density at radius 3 is 2.58 bits per heavy atom. The molecule has 3 aromatic rings. The minimum absolute atomic E-state index is 0.241. The number of nitrogens with zero attached hydrogens (tertiary/aromatic N) is 2. The Morgan fingerprint density at radius 2 is 1.85 bits per heavy atom. The van der Waals surface area contributed by atoms with Crippen LogP contribution in [-0.4, -0.2) is 16.1 Å². The Balaban J connectivity index is 1.63. The van der Waals surface area contributed by atoms with Gasteiger partial charge in [-0.15, -0.1) is 10.2 Å². The first-order chi connectivity index (χ1) is 12.5. The van der Waals surface area contributed by atoms with Crippen molar-refractivity contribution >= 4 is 29.0 Å². The molecule has 1 amide bonds. The van der Waals surface area contributed by atoms with Crippen molar-refractivity contribution in [2.24, 2.45) is 0 Å². The second kappa shape index (κ2) is 7.97. The summed E-state index contributed by atoms with van der Waals surface area (Å²) in [6, 6.07) is 17.0. The molecule has 0 spiro atoms. The van der Waals surface area contributed by atoms with Gasteiger partial charge in [0.05, 0.1) is 0 Å². The lowest BCUT2D eigenvalue weighted by Gasteiger charge is -2.09. The second-order valence-corrected chi connectivity index (χ2v) is 6.42. The van der Waals surface area contributed by atoms with Gasteiger partial charge in [-0.2, -0.15) is 0 Å². The summed E-state index contributed by atoms with van der Waals surface area (Å²) in [4.78, 5) is 12.3. The molecule has 0 aliphatic heterocycles. The molecule has 1 heterocycles. The molecule has 2 N–H and O–H groups in total. The fourth-order valence-electron chi connectivity index (χ4n) is 2.49. The van der Waals surface area contributed by atoms with Crippen LogP contribution in [0.1, 0.15) is 27.2 Å². The van der Waals surface area contributed by atoms with Crippen LogP contribution in [0.4, 0.5) is 11.5 Å². The first-order valence-electron chi connectivity index (χ1n) is 8.22. The average Bonchev–Trinajstić information content (AvgIpc) is 2.64. The number of anilines is 2. The number of rotatable bonds is 5. The van der Waals surface area contributed by atoms with E-state index >= 15 is 0 Å². The van der Waals surface area contributed by atoms with Crippen LogP contribution in [0.3, 0.4) is 0 Å². The lowest BCUT2D eigenvalue weighted by atomic mass is 10.1. The third-order valence-corrected chi connectivity index (χ3v) is 4.38. The SMILES string of the molecule is Cc1cccc(CNc2ccc(C(=O)Nc3cccc(Cl)c3C)nn2)c1. The van der Waals surface area contributed by atoms with E-state index in [1.54, 1.807) is 30.3 Å². The molecular formula is C20H19ClN4O. The van der Waals surface area contributed by atoms with Crippen LogP contribution in [-0.2, 0) is 6.54 Å². The molecule has 0 aliphatic carbocycles. The van der Waals surface area contributed by atoms with Crippen LogP contribution < -0.4 is 10.6 Å². The molecule has 0 aliphatic rings. The van der Waals surface area contributed by atoms with E-state index in [-0.39, 0.29) is 11.6 Å². The number of aryl methyl sites for hydroxylation is 1. The van der Waals surface area contributed by atoms with Gasteiger partial charge in [-0.3, -0.25) is 4.79 Å². The Hall–Kier alpha value is -2.92. The van der Waals surface area contributed by atoms with E-state index in [1.165, 1.54) is 5.56 Å². The number of amides is 1. The quantitative estimate of drug-likeness (QED) is 0.691. The van der Waals surface area contributed by atoms with Gasteiger partial charge in [0.1, 0.15) is 5.82 Å². The average molecular weight is 367 g/mol. The number of benzene rings is 2. The van der Waals surface area contributed by atoms with Gasteiger partial charge in [-0.1, -0.05) is 47.5 Å². The lowest BCUT2D eigenvalue weighted by molar-refractivity contribution is 0.102. The van der Waals surface area contributed by atoms with Crippen molar-refractivity contribution in [3.05, 3.63) is 82.0 Å². The van der Waals surface area contributed by atoms with E-state index in [9.17, 15) is 4.79 Å². The number of hydrogen-bond acceptors (Lipinski definition) is 4. The maximum absolute atomic E-state index is 12.3. The van der Waals surface area contributed by atoms with Gasteiger partial charge in [0.2, 0.25) is 0 Å². The van der Waals surface area contributed by atoms with E-state index < -0.39 is 0 Å². The van der Waals surface area contributed by atoms with Crippen LogP contribution >= 0.6 is 11.6 Å². The largest absolute Gasteiger partial charge is 0.365 e. The number of nitrogens with one attached hydrogen (secondary N) is 2. The van der Waals surface area contributed by atoms with E-state index in [0.717, 1.165) is 11.1 Å². The van der Waals surface area contributed by atoms with Gasteiger partial charge in [-0.05, 0) is 49.2 Å². The summed E-state index contributed by atoms with van der Waals surface area (Å²) in [5.74, 6) is 0.287. The Kier molecular flexibility index (Phi) is 5.49. The molecule has 0 fully saturated rings. The second-order valence-electron chi connectivity index (χ2n) is 6.01. The predicted octanol–water partition coefficient (Wildman–Crippen LogP) is 4.61. The Bertz CT molecular complexity index is 925. The van der Waals surface area contributed by atoms with Crippen molar-refractivity contribution in [1.82, 2.24) is 10.2 Å². The smallest absolute Gasteiger partial charge is 0.276 e. The van der Waals surface area contributed by atoms with E-state index in [4.69, 9.17) is 11.6 Å². The Morgan fingerprint density at radius 1 is 1.04 bits per heavy atom. The van der Waals surface area contributed by atoms with E-state index in [2.05, 4.69) is 39.9 Å². The zero-order valence-corrected chi connectivity index (χ0v) is 15.3. The summed E-state index contributed by atoms with van der Waals surface area (Å²) in [6.07, 6.45) is 0. The minimum atomic E-state index is -0.326. The highest BCUT2D eigenvalue weighted by molar-refractivity contribution is 6.31. The highest BCUT2D eigenvalue weighted by atomic mass is 35.5. The highest BCUT2D eigenvalue weighted by Gasteiger charge is 2.11. The van der Waals surface area contributed by atoms with Gasteiger partial charge in [0.15, 0.2) is 5.69 Å². The molecule has 5 nitrogen and oxygen atoms in total. The molecule has 132 valence electrons. The predicted molar refractivity (Wildman–Crippen MR) is 105 cm³/mol.